The summed E-state index contributed by atoms with van der Waals surface area (Å²) in [5.41, 5.74) is 3.98. The molecule has 2 amide bonds. The number of rotatable bonds is 7. The smallest absolute Gasteiger partial charge is 0.255 e. The lowest BCUT2D eigenvalue weighted by Gasteiger charge is -2.11. The second-order valence-electron chi connectivity index (χ2n) is 7.22. The molecule has 0 saturated carbocycles. The standard InChI is InChI=1S/C25H24N4O3/c1-3-32-22-11-7-4-8-19(22)25(31)26-16-23(30)27-18-14-12-17(13-15-18)24-28-20-9-5-6-10-21(20)29(24)2/h4-15H,3,16H2,1-2H3,(H,26,31)(H,27,30). The average molecular weight is 428 g/mol. The lowest BCUT2D eigenvalue weighted by molar-refractivity contribution is -0.115. The van der Waals surface area contributed by atoms with Crippen molar-refractivity contribution in [2.24, 2.45) is 7.05 Å². The maximum Gasteiger partial charge on any atom is 0.255 e. The van der Waals surface area contributed by atoms with Gasteiger partial charge in [-0.1, -0.05) is 24.3 Å². The van der Waals surface area contributed by atoms with Crippen LogP contribution in [0.4, 0.5) is 5.69 Å². The highest BCUT2D eigenvalue weighted by molar-refractivity contribution is 6.00. The van der Waals surface area contributed by atoms with Gasteiger partial charge in [0.05, 0.1) is 29.7 Å². The first kappa shape index (κ1) is 21.1. The van der Waals surface area contributed by atoms with Crippen LogP contribution in [-0.2, 0) is 11.8 Å². The van der Waals surface area contributed by atoms with Gasteiger partial charge in [-0.3, -0.25) is 9.59 Å². The Hall–Kier alpha value is -4.13. The number of nitrogens with zero attached hydrogens (tertiary/aromatic N) is 2. The van der Waals surface area contributed by atoms with E-state index in [2.05, 4.69) is 15.6 Å². The van der Waals surface area contributed by atoms with Crippen molar-refractivity contribution in [1.82, 2.24) is 14.9 Å². The van der Waals surface area contributed by atoms with Crippen LogP contribution < -0.4 is 15.4 Å². The Balaban J connectivity index is 1.38. The molecule has 162 valence electrons. The van der Waals surface area contributed by atoms with Crippen molar-refractivity contribution in [2.45, 2.75) is 6.92 Å². The van der Waals surface area contributed by atoms with Crippen LogP contribution in [0.15, 0.2) is 72.8 Å². The highest BCUT2D eigenvalue weighted by atomic mass is 16.5. The zero-order valence-electron chi connectivity index (χ0n) is 18.0. The predicted molar refractivity (Wildman–Crippen MR) is 125 cm³/mol. The molecule has 0 unspecified atom stereocenters. The molecule has 0 saturated heterocycles. The van der Waals surface area contributed by atoms with Crippen LogP contribution in [0.5, 0.6) is 5.75 Å². The lowest BCUT2D eigenvalue weighted by Crippen LogP contribution is -2.33. The number of carbonyl (C=O) groups excluding carboxylic acids is 2. The molecule has 4 rings (SSSR count). The van der Waals surface area contributed by atoms with Gasteiger partial charge in [0.2, 0.25) is 5.91 Å². The number of amides is 2. The fourth-order valence-electron chi connectivity index (χ4n) is 3.50. The van der Waals surface area contributed by atoms with E-state index >= 15 is 0 Å². The SMILES string of the molecule is CCOc1ccccc1C(=O)NCC(=O)Nc1ccc(-c2nc3ccccc3n2C)cc1. The molecule has 0 spiro atoms. The number of para-hydroxylation sites is 3. The summed E-state index contributed by atoms with van der Waals surface area (Å²) in [7, 11) is 1.98. The predicted octanol–water partition coefficient (Wildman–Crippen LogP) is 4.01. The van der Waals surface area contributed by atoms with Crippen molar-refractivity contribution in [3.63, 3.8) is 0 Å². The van der Waals surface area contributed by atoms with Crippen molar-refractivity contribution in [2.75, 3.05) is 18.5 Å². The van der Waals surface area contributed by atoms with E-state index in [1.165, 1.54) is 0 Å². The van der Waals surface area contributed by atoms with Crippen LogP contribution in [0.25, 0.3) is 22.4 Å². The number of hydrogen-bond donors (Lipinski definition) is 2. The van der Waals surface area contributed by atoms with Gasteiger partial charge in [-0.2, -0.15) is 0 Å². The molecule has 3 aromatic carbocycles. The summed E-state index contributed by atoms with van der Waals surface area (Å²) in [5, 5.41) is 5.43. The van der Waals surface area contributed by atoms with Crippen molar-refractivity contribution in [3.8, 4) is 17.1 Å². The summed E-state index contributed by atoms with van der Waals surface area (Å²) in [6.07, 6.45) is 0. The summed E-state index contributed by atoms with van der Waals surface area (Å²) in [6.45, 7) is 2.16. The number of nitrogens with one attached hydrogen (secondary N) is 2. The van der Waals surface area contributed by atoms with Crippen LogP contribution in [-0.4, -0.2) is 34.5 Å². The Morgan fingerprint density at radius 3 is 2.44 bits per heavy atom. The summed E-state index contributed by atoms with van der Waals surface area (Å²) < 4.78 is 7.51. The highest BCUT2D eigenvalue weighted by Gasteiger charge is 2.14. The molecule has 0 fully saturated rings. The molecule has 0 aliphatic carbocycles. The van der Waals surface area contributed by atoms with Crippen LogP contribution in [0.2, 0.25) is 0 Å². The van der Waals surface area contributed by atoms with Gasteiger partial charge < -0.3 is 19.9 Å². The number of imidazole rings is 1. The first-order chi connectivity index (χ1) is 15.6. The van der Waals surface area contributed by atoms with E-state index in [0.717, 1.165) is 22.4 Å². The fraction of sp³-hybridized carbons (Fsp3) is 0.160. The number of carbonyl (C=O) groups is 2. The summed E-state index contributed by atoms with van der Waals surface area (Å²) in [5.74, 6) is 0.666. The molecule has 7 nitrogen and oxygen atoms in total. The van der Waals surface area contributed by atoms with E-state index in [-0.39, 0.29) is 18.4 Å². The van der Waals surface area contributed by atoms with Gasteiger partial charge >= 0.3 is 0 Å². The van der Waals surface area contributed by atoms with Crippen molar-refractivity contribution < 1.29 is 14.3 Å². The molecule has 2 N–H and O–H groups in total. The second-order valence-corrected chi connectivity index (χ2v) is 7.22. The van der Waals surface area contributed by atoms with Gasteiger partial charge in [0.15, 0.2) is 0 Å². The van der Waals surface area contributed by atoms with Gasteiger partial charge in [-0.05, 0) is 55.5 Å². The van der Waals surface area contributed by atoms with E-state index in [9.17, 15) is 9.59 Å². The molecule has 0 atom stereocenters. The Kier molecular flexibility index (Phi) is 6.17. The molecule has 32 heavy (non-hydrogen) atoms. The maximum absolute atomic E-state index is 12.4. The highest BCUT2D eigenvalue weighted by Crippen LogP contribution is 2.24. The first-order valence-corrected chi connectivity index (χ1v) is 10.4. The Bertz CT molecular complexity index is 1260. The van der Waals surface area contributed by atoms with Gasteiger partial charge in [0, 0.05) is 18.3 Å². The summed E-state index contributed by atoms with van der Waals surface area (Å²) in [4.78, 5) is 29.4. The lowest BCUT2D eigenvalue weighted by atomic mass is 10.2. The number of aryl methyl sites for hydroxylation is 1. The second kappa shape index (κ2) is 9.34. The topological polar surface area (TPSA) is 85.2 Å². The zero-order valence-corrected chi connectivity index (χ0v) is 18.0. The molecule has 7 heteroatoms. The van der Waals surface area contributed by atoms with Crippen LogP contribution in [0.3, 0.4) is 0 Å². The number of hydrogen-bond acceptors (Lipinski definition) is 4. The summed E-state index contributed by atoms with van der Waals surface area (Å²) >= 11 is 0. The van der Waals surface area contributed by atoms with Crippen molar-refractivity contribution >= 4 is 28.5 Å². The Morgan fingerprint density at radius 2 is 1.69 bits per heavy atom. The van der Waals surface area contributed by atoms with E-state index in [4.69, 9.17) is 4.74 Å². The third-order valence-electron chi connectivity index (χ3n) is 5.06. The molecule has 1 aromatic heterocycles. The van der Waals surface area contributed by atoms with E-state index in [1.807, 2.05) is 67.1 Å². The van der Waals surface area contributed by atoms with E-state index in [0.29, 0.717) is 23.6 Å². The number of aromatic nitrogens is 2. The largest absolute Gasteiger partial charge is 0.493 e. The Labute approximate surface area is 186 Å². The number of anilines is 1. The number of benzene rings is 3. The first-order valence-electron chi connectivity index (χ1n) is 10.4. The zero-order chi connectivity index (χ0) is 22.5. The van der Waals surface area contributed by atoms with E-state index in [1.54, 1.807) is 24.3 Å². The normalized spacial score (nSPS) is 10.7. The van der Waals surface area contributed by atoms with Crippen molar-refractivity contribution in [1.29, 1.82) is 0 Å². The van der Waals surface area contributed by atoms with Crippen molar-refractivity contribution in [3.05, 3.63) is 78.4 Å². The molecule has 1 heterocycles. The minimum Gasteiger partial charge on any atom is -0.493 e. The van der Waals surface area contributed by atoms with Gasteiger partial charge in [0.1, 0.15) is 11.6 Å². The molecule has 4 aromatic rings. The third kappa shape index (κ3) is 4.46. The minimum absolute atomic E-state index is 0.147. The summed E-state index contributed by atoms with van der Waals surface area (Å²) in [6, 6.07) is 22.4. The molecule has 0 aliphatic heterocycles. The monoisotopic (exact) mass is 428 g/mol. The minimum atomic E-state index is -0.360. The molecule has 0 bridgehead atoms. The average Bonchev–Trinajstić information content (AvgIpc) is 3.15. The molecular weight excluding hydrogens is 404 g/mol. The maximum atomic E-state index is 12.4. The fourth-order valence-corrected chi connectivity index (χ4v) is 3.50. The molecular formula is C25H24N4O3. The van der Waals surface area contributed by atoms with E-state index < -0.39 is 0 Å². The van der Waals surface area contributed by atoms with Crippen LogP contribution in [0, 0.1) is 0 Å². The quantitative estimate of drug-likeness (QED) is 0.466. The van der Waals surface area contributed by atoms with Crippen LogP contribution in [0.1, 0.15) is 17.3 Å². The van der Waals surface area contributed by atoms with Gasteiger partial charge in [-0.25, -0.2) is 4.98 Å². The third-order valence-corrected chi connectivity index (χ3v) is 5.06. The van der Waals surface area contributed by atoms with Crippen LogP contribution >= 0.6 is 0 Å². The molecule has 0 radical (unpaired) electrons. The number of fused-ring (bicyclic) bond motifs is 1. The number of ether oxygens (including phenoxy) is 1. The van der Waals surface area contributed by atoms with Gasteiger partial charge in [0.25, 0.3) is 5.91 Å². The molecule has 0 aliphatic rings. The Morgan fingerprint density at radius 1 is 0.969 bits per heavy atom. The van der Waals surface area contributed by atoms with Gasteiger partial charge in [-0.15, -0.1) is 0 Å².